The minimum atomic E-state index is -0.0846. The fraction of sp³-hybridized carbons (Fsp3) is 0.600. The molecule has 0 bridgehead atoms. The van der Waals surface area contributed by atoms with Crippen molar-refractivity contribution in [2.75, 3.05) is 6.54 Å². The molecule has 1 N–H and O–H groups in total. The average Bonchev–Trinajstić information content (AvgIpc) is 2.37. The Kier molecular flexibility index (Phi) is 3.90. The van der Waals surface area contributed by atoms with Gasteiger partial charge in [0.15, 0.2) is 0 Å². The Balaban J connectivity index is 2.82. The minimum Gasteiger partial charge on any atom is -0.350 e. The van der Waals surface area contributed by atoms with Crippen molar-refractivity contribution in [3.8, 4) is 0 Å². The predicted octanol–water partition coefficient (Wildman–Crippen LogP) is 1.88. The minimum absolute atomic E-state index is 0.0846. The van der Waals surface area contributed by atoms with Gasteiger partial charge in [-0.3, -0.25) is 9.48 Å². The first-order valence-electron chi connectivity index (χ1n) is 4.90. The molecule has 0 fully saturated rings. The molecule has 1 aromatic rings. The smallest absolute Gasteiger partial charge is 0.270 e. The molecule has 1 rings (SSSR count). The highest BCUT2D eigenvalue weighted by atomic mass is 79.9. The molecule has 5 heteroatoms. The Morgan fingerprint density at radius 2 is 2.20 bits per heavy atom. The average molecular weight is 274 g/mol. The molecule has 0 aliphatic heterocycles. The number of aromatic nitrogens is 2. The standard InChI is InChI=1S/C10H16BrN3O/c1-6(2)5-12-10(15)9-8(11)7(3)13-14(9)4/h6H,5H2,1-4H3,(H,12,15). The first-order valence-corrected chi connectivity index (χ1v) is 5.70. The van der Waals surface area contributed by atoms with Gasteiger partial charge in [0.25, 0.3) is 5.91 Å². The fourth-order valence-electron chi connectivity index (χ4n) is 1.26. The highest BCUT2D eigenvalue weighted by Crippen LogP contribution is 2.19. The number of nitrogens with one attached hydrogen (secondary N) is 1. The van der Waals surface area contributed by atoms with Crippen LogP contribution in [0.3, 0.4) is 0 Å². The van der Waals surface area contributed by atoms with Crippen LogP contribution >= 0.6 is 15.9 Å². The summed E-state index contributed by atoms with van der Waals surface area (Å²) in [5, 5.41) is 7.03. The number of carbonyl (C=O) groups is 1. The lowest BCUT2D eigenvalue weighted by Crippen LogP contribution is -2.29. The summed E-state index contributed by atoms with van der Waals surface area (Å²) >= 11 is 3.36. The zero-order chi connectivity index (χ0) is 11.6. The Bertz CT molecular complexity index is 371. The molecule has 4 nitrogen and oxygen atoms in total. The van der Waals surface area contributed by atoms with Gasteiger partial charge in [-0.1, -0.05) is 13.8 Å². The number of amides is 1. The molecule has 0 saturated carbocycles. The van der Waals surface area contributed by atoms with Crippen LogP contribution in [-0.2, 0) is 7.05 Å². The topological polar surface area (TPSA) is 46.9 Å². The van der Waals surface area contributed by atoms with Crippen LogP contribution in [0, 0.1) is 12.8 Å². The van der Waals surface area contributed by atoms with E-state index in [1.54, 1.807) is 11.7 Å². The number of halogens is 1. The quantitative estimate of drug-likeness (QED) is 0.914. The van der Waals surface area contributed by atoms with E-state index in [0.29, 0.717) is 18.2 Å². The van der Waals surface area contributed by atoms with Crippen LogP contribution in [0.25, 0.3) is 0 Å². The summed E-state index contributed by atoms with van der Waals surface area (Å²) in [6.07, 6.45) is 0. The normalized spacial score (nSPS) is 10.8. The van der Waals surface area contributed by atoms with Crippen LogP contribution in [0.2, 0.25) is 0 Å². The molecule has 0 atom stereocenters. The number of rotatable bonds is 3. The van der Waals surface area contributed by atoms with Crippen LogP contribution in [-0.4, -0.2) is 22.2 Å². The molecule has 84 valence electrons. The number of hydrogen-bond acceptors (Lipinski definition) is 2. The van der Waals surface area contributed by atoms with E-state index in [1.807, 2.05) is 6.92 Å². The maximum Gasteiger partial charge on any atom is 0.270 e. The fourth-order valence-corrected chi connectivity index (χ4v) is 1.78. The zero-order valence-corrected chi connectivity index (χ0v) is 11.1. The molecule has 15 heavy (non-hydrogen) atoms. The van der Waals surface area contributed by atoms with Gasteiger partial charge >= 0.3 is 0 Å². The Morgan fingerprint density at radius 1 is 1.60 bits per heavy atom. The molecular formula is C10H16BrN3O. The van der Waals surface area contributed by atoms with Gasteiger partial charge < -0.3 is 5.32 Å². The molecule has 1 amide bonds. The van der Waals surface area contributed by atoms with Gasteiger partial charge in [-0.25, -0.2) is 0 Å². The highest BCUT2D eigenvalue weighted by molar-refractivity contribution is 9.10. The maximum atomic E-state index is 11.8. The molecule has 0 aliphatic carbocycles. The van der Waals surface area contributed by atoms with E-state index in [2.05, 4.69) is 40.2 Å². The summed E-state index contributed by atoms with van der Waals surface area (Å²) in [5.41, 5.74) is 1.40. The number of nitrogens with zero attached hydrogens (tertiary/aromatic N) is 2. The van der Waals surface area contributed by atoms with Gasteiger partial charge in [-0.15, -0.1) is 0 Å². The monoisotopic (exact) mass is 273 g/mol. The van der Waals surface area contributed by atoms with E-state index >= 15 is 0 Å². The molecule has 0 radical (unpaired) electrons. The molecule has 0 aliphatic rings. The molecule has 0 saturated heterocycles. The lowest BCUT2D eigenvalue weighted by molar-refractivity contribution is 0.0939. The highest BCUT2D eigenvalue weighted by Gasteiger charge is 2.17. The van der Waals surface area contributed by atoms with Gasteiger partial charge in [-0.05, 0) is 28.8 Å². The van der Waals surface area contributed by atoms with Crippen molar-refractivity contribution in [3.63, 3.8) is 0 Å². The van der Waals surface area contributed by atoms with Gasteiger partial charge in [0.2, 0.25) is 0 Å². The second-order valence-electron chi connectivity index (χ2n) is 3.98. The second-order valence-corrected chi connectivity index (χ2v) is 4.77. The number of hydrogen-bond donors (Lipinski definition) is 1. The summed E-state index contributed by atoms with van der Waals surface area (Å²) < 4.78 is 2.36. The van der Waals surface area contributed by atoms with E-state index in [-0.39, 0.29) is 5.91 Å². The van der Waals surface area contributed by atoms with Crippen LogP contribution in [0.1, 0.15) is 30.0 Å². The lowest BCUT2D eigenvalue weighted by Gasteiger charge is -2.07. The van der Waals surface area contributed by atoms with Crippen LogP contribution < -0.4 is 5.32 Å². The van der Waals surface area contributed by atoms with E-state index in [0.717, 1.165) is 10.2 Å². The van der Waals surface area contributed by atoms with E-state index in [4.69, 9.17) is 0 Å². The first kappa shape index (κ1) is 12.2. The zero-order valence-electron chi connectivity index (χ0n) is 9.47. The summed E-state index contributed by atoms with van der Waals surface area (Å²) in [5.74, 6) is 0.362. The van der Waals surface area contributed by atoms with Crippen molar-refractivity contribution in [1.29, 1.82) is 0 Å². The van der Waals surface area contributed by atoms with Crippen molar-refractivity contribution < 1.29 is 4.79 Å². The second kappa shape index (κ2) is 4.79. The first-order chi connectivity index (χ1) is 6.93. The van der Waals surface area contributed by atoms with Crippen molar-refractivity contribution in [3.05, 3.63) is 15.9 Å². The van der Waals surface area contributed by atoms with Gasteiger partial charge in [-0.2, -0.15) is 5.10 Å². The van der Waals surface area contributed by atoms with E-state index in [9.17, 15) is 4.79 Å². The predicted molar refractivity (Wildman–Crippen MR) is 62.8 cm³/mol. The molecule has 0 unspecified atom stereocenters. The van der Waals surface area contributed by atoms with Gasteiger partial charge in [0.1, 0.15) is 5.69 Å². The number of aryl methyl sites for hydroxylation is 2. The maximum absolute atomic E-state index is 11.8. The Morgan fingerprint density at radius 3 is 2.60 bits per heavy atom. The van der Waals surface area contributed by atoms with E-state index in [1.165, 1.54) is 0 Å². The molecule has 0 aromatic carbocycles. The van der Waals surface area contributed by atoms with Crippen LogP contribution in [0.4, 0.5) is 0 Å². The Labute approximate surface area is 98.2 Å². The summed E-state index contributed by atoms with van der Waals surface area (Å²) in [6.45, 7) is 6.66. The molecule has 1 aromatic heterocycles. The SMILES string of the molecule is Cc1nn(C)c(C(=O)NCC(C)C)c1Br. The van der Waals surface area contributed by atoms with E-state index < -0.39 is 0 Å². The summed E-state index contributed by atoms with van der Waals surface area (Å²) in [6, 6.07) is 0. The third kappa shape index (κ3) is 2.81. The van der Waals surface area contributed by atoms with Crippen LogP contribution in [0.15, 0.2) is 4.47 Å². The Hall–Kier alpha value is -0.840. The summed E-state index contributed by atoms with van der Waals surface area (Å²) in [7, 11) is 1.77. The van der Waals surface area contributed by atoms with Crippen molar-refractivity contribution in [2.24, 2.45) is 13.0 Å². The van der Waals surface area contributed by atoms with Crippen LogP contribution in [0.5, 0.6) is 0 Å². The van der Waals surface area contributed by atoms with Gasteiger partial charge in [0.05, 0.1) is 10.2 Å². The third-order valence-electron chi connectivity index (χ3n) is 2.04. The third-order valence-corrected chi connectivity index (χ3v) is 2.98. The molecule has 1 heterocycles. The molecular weight excluding hydrogens is 258 g/mol. The largest absolute Gasteiger partial charge is 0.350 e. The van der Waals surface area contributed by atoms with Crippen molar-refractivity contribution in [1.82, 2.24) is 15.1 Å². The van der Waals surface area contributed by atoms with Crippen molar-refractivity contribution >= 4 is 21.8 Å². The summed E-state index contributed by atoms with van der Waals surface area (Å²) in [4.78, 5) is 11.8. The van der Waals surface area contributed by atoms with Gasteiger partial charge in [0, 0.05) is 13.6 Å². The molecule has 0 spiro atoms. The van der Waals surface area contributed by atoms with Crippen molar-refractivity contribution in [2.45, 2.75) is 20.8 Å². The lowest BCUT2D eigenvalue weighted by atomic mass is 10.2. The number of carbonyl (C=O) groups excluding carboxylic acids is 1.